The van der Waals surface area contributed by atoms with Gasteiger partial charge < -0.3 is 4.74 Å². The van der Waals surface area contributed by atoms with E-state index in [9.17, 15) is 16.8 Å². The van der Waals surface area contributed by atoms with Gasteiger partial charge in [-0.25, -0.2) is 13.1 Å². The van der Waals surface area contributed by atoms with E-state index in [-0.39, 0.29) is 22.5 Å². The maximum Gasteiger partial charge on any atom is 0.282 e. The van der Waals surface area contributed by atoms with Gasteiger partial charge in [-0.05, 0) is 38.1 Å². The van der Waals surface area contributed by atoms with Crippen molar-refractivity contribution in [2.45, 2.75) is 49.1 Å². The van der Waals surface area contributed by atoms with Crippen molar-refractivity contribution in [2.24, 2.45) is 0 Å². The fourth-order valence-electron chi connectivity index (χ4n) is 3.38. The zero-order valence-electron chi connectivity index (χ0n) is 14.9. The number of sulfonamides is 1. The molecule has 0 unspecified atom stereocenters. The Bertz CT molecular complexity index is 792. The van der Waals surface area contributed by atoms with Gasteiger partial charge in [0.05, 0.1) is 12.2 Å². The molecule has 1 aromatic rings. The number of nitrogens with zero attached hydrogens (tertiary/aromatic N) is 2. The number of nitrogens with one attached hydrogen (secondary N) is 1. The zero-order valence-corrected chi connectivity index (χ0v) is 17.3. The number of ether oxygens (including phenoxy) is 1. The van der Waals surface area contributed by atoms with Gasteiger partial charge in [0.25, 0.3) is 10.2 Å². The van der Waals surface area contributed by atoms with E-state index in [0.29, 0.717) is 39.0 Å². The summed E-state index contributed by atoms with van der Waals surface area (Å²) in [4.78, 5) is 0. The standard InChI is InChI=1S/C15H25N3O5S3/c1-12-10-18(11-13(2)23-12)26(21,22)17-7-5-14(6-8-17)16-25(19,20)15-4-3-9-24-15/h3-4,9,12-14,16H,5-8,10-11H2,1-2H3/t12-,13+. The summed E-state index contributed by atoms with van der Waals surface area (Å²) in [6.07, 6.45) is 0.644. The molecule has 3 rings (SSSR count). The Morgan fingerprint density at radius 3 is 2.23 bits per heavy atom. The molecule has 2 atom stereocenters. The lowest BCUT2D eigenvalue weighted by molar-refractivity contribution is -0.0456. The monoisotopic (exact) mass is 423 g/mol. The Morgan fingerprint density at radius 2 is 1.69 bits per heavy atom. The molecule has 2 fully saturated rings. The summed E-state index contributed by atoms with van der Waals surface area (Å²) < 4.78 is 61.9. The fourth-order valence-corrected chi connectivity index (χ4v) is 7.49. The van der Waals surface area contributed by atoms with Crippen LogP contribution in [0.4, 0.5) is 0 Å². The second-order valence-electron chi connectivity index (χ2n) is 6.81. The highest BCUT2D eigenvalue weighted by atomic mass is 32.2. The van der Waals surface area contributed by atoms with E-state index in [2.05, 4.69) is 4.72 Å². The summed E-state index contributed by atoms with van der Waals surface area (Å²) >= 11 is 1.17. The molecule has 8 nitrogen and oxygen atoms in total. The smallest absolute Gasteiger partial charge is 0.282 e. The van der Waals surface area contributed by atoms with E-state index in [0.717, 1.165) is 0 Å². The van der Waals surface area contributed by atoms with Crippen molar-refractivity contribution in [1.82, 2.24) is 13.3 Å². The molecule has 11 heteroatoms. The molecule has 0 aliphatic carbocycles. The van der Waals surface area contributed by atoms with Gasteiger partial charge in [0.15, 0.2) is 0 Å². The van der Waals surface area contributed by atoms with Crippen LogP contribution in [0.3, 0.4) is 0 Å². The predicted molar refractivity (Wildman–Crippen MR) is 99.7 cm³/mol. The van der Waals surface area contributed by atoms with Gasteiger partial charge in [-0.2, -0.15) is 17.0 Å². The van der Waals surface area contributed by atoms with Crippen LogP contribution >= 0.6 is 11.3 Å². The average molecular weight is 424 g/mol. The Morgan fingerprint density at radius 1 is 1.08 bits per heavy atom. The normalized spacial score (nSPS) is 27.6. The fraction of sp³-hybridized carbons (Fsp3) is 0.733. The van der Waals surface area contributed by atoms with Crippen molar-refractivity contribution in [3.63, 3.8) is 0 Å². The van der Waals surface area contributed by atoms with Crippen LogP contribution in [0.1, 0.15) is 26.7 Å². The van der Waals surface area contributed by atoms with Crippen LogP contribution < -0.4 is 4.72 Å². The molecule has 2 aliphatic heterocycles. The summed E-state index contributed by atoms with van der Waals surface area (Å²) in [5.41, 5.74) is 0. The molecule has 148 valence electrons. The van der Waals surface area contributed by atoms with Gasteiger partial charge in [-0.15, -0.1) is 11.3 Å². The van der Waals surface area contributed by atoms with E-state index in [1.807, 2.05) is 13.8 Å². The summed E-state index contributed by atoms with van der Waals surface area (Å²) in [5, 5.41) is 1.72. The van der Waals surface area contributed by atoms with Gasteiger partial charge in [0, 0.05) is 32.2 Å². The summed E-state index contributed by atoms with van der Waals surface area (Å²) in [7, 11) is -7.08. The van der Waals surface area contributed by atoms with Crippen LogP contribution in [0.2, 0.25) is 0 Å². The van der Waals surface area contributed by atoms with Gasteiger partial charge in [0.2, 0.25) is 10.0 Å². The lowest BCUT2D eigenvalue weighted by atomic mass is 10.1. The van der Waals surface area contributed by atoms with Crippen LogP contribution in [0.25, 0.3) is 0 Å². The molecule has 0 radical (unpaired) electrons. The second-order valence-corrected chi connectivity index (χ2v) is 11.6. The molecule has 2 saturated heterocycles. The molecule has 1 aromatic heterocycles. The summed E-state index contributed by atoms with van der Waals surface area (Å²) in [5.74, 6) is 0. The Balaban J connectivity index is 1.59. The van der Waals surface area contributed by atoms with Crippen LogP contribution in [0.15, 0.2) is 21.7 Å². The van der Waals surface area contributed by atoms with E-state index in [1.165, 1.54) is 19.9 Å². The minimum Gasteiger partial charge on any atom is -0.373 e. The van der Waals surface area contributed by atoms with Gasteiger partial charge >= 0.3 is 0 Å². The number of thiophene rings is 1. The van der Waals surface area contributed by atoms with E-state index in [1.54, 1.807) is 17.5 Å². The number of piperidine rings is 1. The number of rotatable bonds is 5. The highest BCUT2D eigenvalue weighted by Gasteiger charge is 2.37. The topological polar surface area (TPSA) is 96.0 Å². The lowest BCUT2D eigenvalue weighted by Gasteiger charge is -2.39. The van der Waals surface area contributed by atoms with Crippen molar-refractivity contribution in [3.05, 3.63) is 17.5 Å². The van der Waals surface area contributed by atoms with Crippen molar-refractivity contribution in [3.8, 4) is 0 Å². The number of morpholine rings is 1. The van der Waals surface area contributed by atoms with Crippen LogP contribution in [-0.2, 0) is 25.0 Å². The van der Waals surface area contributed by atoms with Crippen molar-refractivity contribution in [1.29, 1.82) is 0 Å². The molecule has 0 amide bonds. The van der Waals surface area contributed by atoms with E-state index >= 15 is 0 Å². The van der Waals surface area contributed by atoms with Crippen LogP contribution in [0, 0.1) is 0 Å². The van der Waals surface area contributed by atoms with Crippen molar-refractivity contribution < 1.29 is 21.6 Å². The van der Waals surface area contributed by atoms with Crippen LogP contribution in [-0.4, -0.2) is 69.9 Å². The molecule has 3 heterocycles. The van der Waals surface area contributed by atoms with Crippen molar-refractivity contribution >= 4 is 31.6 Å². The first kappa shape index (κ1) is 20.2. The molecular weight excluding hydrogens is 398 g/mol. The first-order valence-electron chi connectivity index (χ1n) is 8.65. The third-order valence-electron chi connectivity index (χ3n) is 4.57. The number of hydrogen-bond acceptors (Lipinski definition) is 6. The molecule has 26 heavy (non-hydrogen) atoms. The maximum atomic E-state index is 12.9. The molecule has 0 spiro atoms. The van der Waals surface area contributed by atoms with Crippen LogP contribution in [0.5, 0.6) is 0 Å². The lowest BCUT2D eigenvalue weighted by Crippen LogP contribution is -2.55. The Kier molecular flexibility index (Phi) is 6.07. The van der Waals surface area contributed by atoms with E-state index < -0.39 is 20.2 Å². The predicted octanol–water partition coefficient (Wildman–Crippen LogP) is 0.845. The first-order chi connectivity index (χ1) is 12.2. The molecule has 0 bridgehead atoms. The highest BCUT2D eigenvalue weighted by Crippen LogP contribution is 2.23. The molecule has 0 saturated carbocycles. The minimum absolute atomic E-state index is 0.135. The summed E-state index contributed by atoms with van der Waals surface area (Å²) in [6, 6.07) is 3.00. The molecule has 1 N–H and O–H groups in total. The highest BCUT2D eigenvalue weighted by molar-refractivity contribution is 7.91. The number of hydrogen-bond donors (Lipinski definition) is 1. The molecule has 2 aliphatic rings. The molecular formula is C15H25N3O5S3. The zero-order chi connectivity index (χ0) is 18.9. The Labute approximate surface area is 159 Å². The Hall–Kier alpha value is -0.560. The van der Waals surface area contributed by atoms with Gasteiger partial charge in [-0.1, -0.05) is 6.07 Å². The summed E-state index contributed by atoms with van der Waals surface area (Å²) in [6.45, 7) is 5.03. The molecule has 0 aromatic carbocycles. The first-order valence-corrected chi connectivity index (χ1v) is 12.4. The largest absolute Gasteiger partial charge is 0.373 e. The maximum absolute atomic E-state index is 12.9. The minimum atomic E-state index is -3.55. The third kappa shape index (κ3) is 4.46. The second kappa shape index (κ2) is 7.82. The SMILES string of the molecule is C[C@@H]1CN(S(=O)(=O)N2CCC(NS(=O)(=O)c3cccs3)CC2)C[C@H](C)O1. The van der Waals surface area contributed by atoms with Gasteiger partial charge in [0.1, 0.15) is 4.21 Å². The average Bonchev–Trinajstić information content (AvgIpc) is 3.09. The van der Waals surface area contributed by atoms with Gasteiger partial charge in [-0.3, -0.25) is 0 Å². The van der Waals surface area contributed by atoms with E-state index in [4.69, 9.17) is 4.74 Å². The van der Waals surface area contributed by atoms with Crippen molar-refractivity contribution in [2.75, 3.05) is 26.2 Å². The third-order valence-corrected chi connectivity index (χ3v) is 9.46. The quantitative estimate of drug-likeness (QED) is 0.757.